The number of fused-ring (bicyclic) bond motifs is 3. The minimum atomic E-state index is 1.04. The summed E-state index contributed by atoms with van der Waals surface area (Å²) >= 11 is 1.86. The maximum atomic E-state index is 2.45. The highest BCUT2D eigenvalue weighted by molar-refractivity contribution is 7.25. The highest BCUT2D eigenvalue weighted by atomic mass is 32.1. The van der Waals surface area contributed by atoms with Gasteiger partial charge in [-0.25, -0.2) is 0 Å². The molecular weight excluding hydrogens is 997 g/mol. The van der Waals surface area contributed by atoms with Gasteiger partial charge in [0.25, 0.3) is 0 Å². The average Bonchev–Trinajstić information content (AvgIpc) is 4.07. The second kappa shape index (κ2) is 21.8. The predicted octanol–water partition coefficient (Wildman–Crippen LogP) is 22.7. The molecule has 0 saturated carbocycles. The number of nitrogens with zero attached hydrogens (tertiary/aromatic N) is 2. The normalized spacial score (nSPS) is 11.2. The van der Waals surface area contributed by atoms with Gasteiger partial charge in [0.15, 0.2) is 0 Å². The van der Waals surface area contributed by atoms with Crippen molar-refractivity contribution in [3.8, 4) is 77.9 Å². The van der Waals surface area contributed by atoms with Crippen LogP contribution in [0.4, 0.5) is 34.1 Å². The molecule has 2 nitrogen and oxygen atoms in total. The maximum absolute atomic E-state index is 2.45. The molecule has 0 amide bonds. The zero-order chi connectivity index (χ0) is 53.9. The van der Waals surface area contributed by atoms with E-state index in [-0.39, 0.29) is 0 Å². The molecule has 0 aliphatic heterocycles. The molecular formula is C78H54N2S. The Balaban J connectivity index is 1.01. The smallest absolute Gasteiger partial charge is 0.0561 e. The Kier molecular flexibility index (Phi) is 13.2. The Hall–Kier alpha value is -10.3. The van der Waals surface area contributed by atoms with Crippen LogP contribution in [0.25, 0.3) is 98.1 Å². The summed E-state index contributed by atoms with van der Waals surface area (Å²) in [7, 11) is 0. The molecule has 0 fully saturated rings. The van der Waals surface area contributed by atoms with Crippen LogP contribution in [0.1, 0.15) is 0 Å². The van der Waals surface area contributed by atoms with Crippen molar-refractivity contribution in [1.82, 2.24) is 0 Å². The first-order valence-corrected chi connectivity index (χ1v) is 28.4. The fraction of sp³-hybridized carbons (Fsp3) is 0. The van der Waals surface area contributed by atoms with Crippen molar-refractivity contribution < 1.29 is 0 Å². The Bertz CT molecular complexity index is 4260. The lowest BCUT2D eigenvalue weighted by Gasteiger charge is -2.33. The first-order valence-electron chi connectivity index (χ1n) is 27.6. The summed E-state index contributed by atoms with van der Waals surface area (Å²) in [5.74, 6) is 0. The highest BCUT2D eigenvalue weighted by Crippen LogP contribution is 2.51. The van der Waals surface area contributed by atoms with E-state index in [1.807, 2.05) is 11.3 Å². The number of thiophene rings is 1. The zero-order valence-electron chi connectivity index (χ0n) is 44.5. The van der Waals surface area contributed by atoms with Gasteiger partial charge in [-0.05, 0) is 140 Å². The zero-order valence-corrected chi connectivity index (χ0v) is 45.3. The van der Waals surface area contributed by atoms with Crippen molar-refractivity contribution in [3.05, 3.63) is 328 Å². The summed E-state index contributed by atoms with van der Waals surface area (Å²) in [6, 6.07) is 119. The molecule has 13 aromatic carbocycles. The molecule has 1 aromatic heterocycles. The minimum Gasteiger partial charge on any atom is -0.310 e. The molecule has 0 unspecified atom stereocenters. The second-order valence-corrected chi connectivity index (χ2v) is 21.5. The molecule has 0 radical (unpaired) electrons. The summed E-state index contributed by atoms with van der Waals surface area (Å²) in [6.07, 6.45) is 0. The summed E-state index contributed by atoms with van der Waals surface area (Å²) in [5.41, 5.74) is 22.4. The molecule has 0 spiro atoms. The Labute approximate surface area is 478 Å². The third-order valence-electron chi connectivity index (χ3n) is 15.5. The molecule has 0 bridgehead atoms. The quantitative estimate of drug-likeness (QED) is 0.114. The summed E-state index contributed by atoms with van der Waals surface area (Å²) in [5, 5.41) is 2.61. The number of hydrogen-bond acceptors (Lipinski definition) is 3. The second-order valence-electron chi connectivity index (χ2n) is 20.5. The van der Waals surface area contributed by atoms with Crippen LogP contribution in [-0.2, 0) is 0 Å². The van der Waals surface area contributed by atoms with E-state index in [1.165, 1.54) is 53.6 Å². The Morgan fingerprint density at radius 1 is 0.185 bits per heavy atom. The Morgan fingerprint density at radius 2 is 0.457 bits per heavy atom. The van der Waals surface area contributed by atoms with Crippen LogP contribution in [0.3, 0.4) is 0 Å². The van der Waals surface area contributed by atoms with E-state index >= 15 is 0 Å². The van der Waals surface area contributed by atoms with Gasteiger partial charge in [0, 0.05) is 54.0 Å². The van der Waals surface area contributed by atoms with E-state index < -0.39 is 0 Å². The molecule has 0 aliphatic carbocycles. The van der Waals surface area contributed by atoms with Crippen LogP contribution in [0.5, 0.6) is 0 Å². The van der Waals surface area contributed by atoms with Gasteiger partial charge in [-0.15, -0.1) is 11.3 Å². The molecule has 81 heavy (non-hydrogen) atoms. The van der Waals surface area contributed by atoms with Crippen molar-refractivity contribution in [2.45, 2.75) is 0 Å². The first kappa shape index (κ1) is 49.0. The minimum absolute atomic E-state index is 1.04. The number of anilines is 6. The highest BCUT2D eigenvalue weighted by Gasteiger charge is 2.26. The van der Waals surface area contributed by atoms with Gasteiger partial charge >= 0.3 is 0 Å². The van der Waals surface area contributed by atoms with E-state index in [1.54, 1.807) is 0 Å². The SMILES string of the molecule is c1ccc(-c2ccc(N(c3ccc(-c4ccccc4)cc3)c3cc(N(c4ccc(-c5ccccc5)cc4)c4ccc(-c5ccccc5)cc4)c(-c4ccc(-c5ccc6c(c5)sc5ccccc56)cc4)cc3-c3ccccc3)cc2)cc1. The van der Waals surface area contributed by atoms with Gasteiger partial charge < -0.3 is 9.80 Å². The summed E-state index contributed by atoms with van der Waals surface area (Å²) in [4.78, 5) is 4.90. The van der Waals surface area contributed by atoms with Crippen molar-refractivity contribution in [1.29, 1.82) is 0 Å². The van der Waals surface area contributed by atoms with Crippen LogP contribution in [0.2, 0.25) is 0 Å². The molecule has 0 saturated heterocycles. The first-order chi connectivity index (χ1) is 40.1. The molecule has 14 rings (SSSR count). The summed E-state index contributed by atoms with van der Waals surface area (Å²) in [6.45, 7) is 0. The summed E-state index contributed by atoms with van der Waals surface area (Å²) < 4.78 is 2.61. The standard InChI is InChI=1S/C78H54N2S/c1-6-18-55(19-7-1)59-34-43-67(44-35-59)79(68-45-36-60(37-46-68)56-20-8-2-9-21-56)75-54-76(80(69-47-38-61(39-48-69)57-22-10-3-11-23-57)70-49-40-62(41-50-70)58-24-12-4-13-25-58)74(53-73(75)64-26-14-5-15-27-64)65-32-30-63(31-33-65)66-42-51-72-71-28-16-17-29-77(71)81-78(72)52-66/h1-54H. The third kappa shape index (κ3) is 9.89. The van der Waals surface area contributed by atoms with Crippen LogP contribution in [0.15, 0.2) is 328 Å². The molecule has 382 valence electrons. The van der Waals surface area contributed by atoms with E-state index in [2.05, 4.69) is 337 Å². The molecule has 3 heteroatoms. The van der Waals surface area contributed by atoms with Gasteiger partial charge in [-0.3, -0.25) is 0 Å². The molecule has 0 atom stereocenters. The lowest BCUT2D eigenvalue weighted by atomic mass is 9.92. The third-order valence-corrected chi connectivity index (χ3v) is 16.7. The molecule has 0 N–H and O–H groups in total. The van der Waals surface area contributed by atoms with Crippen molar-refractivity contribution >= 4 is 65.6 Å². The van der Waals surface area contributed by atoms with Gasteiger partial charge in [-0.2, -0.15) is 0 Å². The number of rotatable bonds is 13. The van der Waals surface area contributed by atoms with E-state index in [0.717, 1.165) is 78.6 Å². The van der Waals surface area contributed by atoms with E-state index in [9.17, 15) is 0 Å². The van der Waals surface area contributed by atoms with Gasteiger partial charge in [0.1, 0.15) is 0 Å². The fourth-order valence-electron chi connectivity index (χ4n) is 11.4. The lowest BCUT2D eigenvalue weighted by Crippen LogP contribution is -2.15. The van der Waals surface area contributed by atoms with Crippen LogP contribution in [0, 0.1) is 0 Å². The molecule has 1 heterocycles. The lowest BCUT2D eigenvalue weighted by molar-refractivity contribution is 1.25. The van der Waals surface area contributed by atoms with Crippen molar-refractivity contribution in [2.24, 2.45) is 0 Å². The van der Waals surface area contributed by atoms with Crippen LogP contribution >= 0.6 is 11.3 Å². The van der Waals surface area contributed by atoms with E-state index in [4.69, 9.17) is 0 Å². The fourth-order valence-corrected chi connectivity index (χ4v) is 12.5. The van der Waals surface area contributed by atoms with Crippen molar-refractivity contribution in [2.75, 3.05) is 9.80 Å². The van der Waals surface area contributed by atoms with Gasteiger partial charge in [0.2, 0.25) is 0 Å². The van der Waals surface area contributed by atoms with Crippen LogP contribution in [-0.4, -0.2) is 0 Å². The maximum Gasteiger partial charge on any atom is 0.0561 e. The Morgan fingerprint density at radius 3 is 0.852 bits per heavy atom. The monoisotopic (exact) mass is 1050 g/mol. The van der Waals surface area contributed by atoms with Gasteiger partial charge in [0.05, 0.1) is 11.4 Å². The molecule has 0 aliphatic rings. The van der Waals surface area contributed by atoms with E-state index in [0.29, 0.717) is 0 Å². The topological polar surface area (TPSA) is 6.48 Å². The van der Waals surface area contributed by atoms with Crippen LogP contribution < -0.4 is 9.80 Å². The average molecular weight is 1050 g/mol. The van der Waals surface area contributed by atoms with Crippen molar-refractivity contribution in [3.63, 3.8) is 0 Å². The molecule has 14 aromatic rings. The number of hydrogen-bond donors (Lipinski definition) is 0. The predicted molar refractivity (Wildman–Crippen MR) is 347 cm³/mol. The van der Waals surface area contributed by atoms with Gasteiger partial charge in [-0.1, -0.05) is 255 Å². The number of benzene rings is 13. The largest absolute Gasteiger partial charge is 0.310 e.